The molecule has 6 heteroatoms. The lowest BCUT2D eigenvalue weighted by atomic mass is 9.85. The highest BCUT2D eigenvalue weighted by Crippen LogP contribution is 2.41. The molecule has 0 heterocycles. The summed E-state index contributed by atoms with van der Waals surface area (Å²) >= 11 is 0. The van der Waals surface area contributed by atoms with Crippen molar-refractivity contribution in [2.24, 2.45) is 5.41 Å². The maximum Gasteiger partial charge on any atom is 0.311 e. The van der Waals surface area contributed by atoms with Crippen LogP contribution in [0.15, 0.2) is 0 Å². The summed E-state index contributed by atoms with van der Waals surface area (Å²) in [5.41, 5.74) is -0.938. The minimum absolute atomic E-state index is 0.0418. The number of carboxylic acid groups (broad SMARTS) is 1. The summed E-state index contributed by atoms with van der Waals surface area (Å²) < 4.78 is 12.8. The molecule has 0 bridgehead atoms. The van der Waals surface area contributed by atoms with Gasteiger partial charge in [0.25, 0.3) is 0 Å². The van der Waals surface area contributed by atoms with Crippen LogP contribution in [0, 0.1) is 5.41 Å². The fraction of sp³-hybridized carbons (Fsp3) is 0.947. The lowest BCUT2D eigenvalue weighted by Crippen LogP contribution is -2.51. The van der Waals surface area contributed by atoms with Crippen molar-refractivity contribution in [3.63, 3.8) is 0 Å². The van der Waals surface area contributed by atoms with E-state index in [0.29, 0.717) is 13.0 Å². The smallest absolute Gasteiger partial charge is 0.311 e. The molecule has 0 aliphatic carbocycles. The monoisotopic (exact) mass is 390 g/mol. The fourth-order valence-corrected chi connectivity index (χ4v) is 4.41. The summed E-state index contributed by atoms with van der Waals surface area (Å²) in [5.74, 6) is -0.816. The van der Waals surface area contributed by atoms with Crippen molar-refractivity contribution >= 4 is 22.6 Å². The first-order chi connectivity index (χ1) is 10.8. The lowest BCUT2D eigenvalue weighted by Gasteiger charge is -2.43. The molecule has 0 saturated carbocycles. The van der Waals surface area contributed by atoms with E-state index in [-0.39, 0.29) is 16.2 Å². The normalized spacial score (nSPS) is 16.0. The molecule has 25 heavy (non-hydrogen) atoms. The Morgan fingerprint density at radius 1 is 0.880 bits per heavy atom. The van der Waals surface area contributed by atoms with Crippen LogP contribution < -0.4 is 0 Å². The molecule has 0 rings (SSSR count). The molecule has 0 aromatic rings. The van der Waals surface area contributed by atoms with Crippen LogP contribution in [0.3, 0.4) is 0 Å². The van der Waals surface area contributed by atoms with Crippen molar-refractivity contribution in [1.82, 2.24) is 0 Å². The molecule has 4 nitrogen and oxygen atoms in total. The third-order valence-corrected chi connectivity index (χ3v) is 15.3. The first kappa shape index (κ1) is 24.8. The largest absolute Gasteiger partial charge is 0.481 e. The Morgan fingerprint density at radius 2 is 1.28 bits per heavy atom. The summed E-state index contributed by atoms with van der Waals surface area (Å²) in [5, 5.41) is 9.89. The van der Waals surface area contributed by atoms with E-state index in [0.717, 1.165) is 0 Å². The van der Waals surface area contributed by atoms with Crippen LogP contribution in [0.5, 0.6) is 0 Å². The van der Waals surface area contributed by atoms with E-state index >= 15 is 0 Å². The molecule has 0 unspecified atom stereocenters. The third-order valence-electron chi connectivity index (χ3n) is 6.25. The predicted octanol–water partition coefficient (Wildman–Crippen LogP) is 5.90. The van der Waals surface area contributed by atoms with Gasteiger partial charge >= 0.3 is 5.97 Å². The van der Waals surface area contributed by atoms with Gasteiger partial charge in [-0.1, -0.05) is 41.5 Å². The molecular weight excluding hydrogens is 348 g/mol. The van der Waals surface area contributed by atoms with Gasteiger partial charge in [-0.15, -0.1) is 0 Å². The van der Waals surface area contributed by atoms with Gasteiger partial charge in [0.1, 0.15) is 0 Å². The Hall–Kier alpha value is -0.176. The summed E-state index contributed by atoms with van der Waals surface area (Å²) in [6.07, 6.45) is 0.258. The van der Waals surface area contributed by atoms with Crippen LogP contribution in [-0.2, 0) is 13.6 Å². The van der Waals surface area contributed by atoms with Gasteiger partial charge in [-0.2, -0.15) is 0 Å². The van der Waals surface area contributed by atoms with Gasteiger partial charge in [0.15, 0.2) is 16.6 Å². The summed E-state index contributed by atoms with van der Waals surface area (Å²) in [6, 6.07) is 0. The van der Waals surface area contributed by atoms with Crippen molar-refractivity contribution in [2.75, 3.05) is 6.61 Å². The van der Waals surface area contributed by atoms with Crippen molar-refractivity contribution in [3.8, 4) is 0 Å². The number of hydrogen-bond acceptors (Lipinski definition) is 3. The zero-order valence-corrected chi connectivity index (χ0v) is 20.7. The highest BCUT2D eigenvalue weighted by Gasteiger charge is 2.46. The highest BCUT2D eigenvalue weighted by molar-refractivity contribution is 6.74. The first-order valence-corrected chi connectivity index (χ1v) is 15.1. The molecule has 0 saturated heterocycles. The van der Waals surface area contributed by atoms with Crippen LogP contribution in [0.25, 0.3) is 0 Å². The maximum absolute atomic E-state index is 11.8. The molecular formula is C19H42O4Si2. The second-order valence-corrected chi connectivity index (χ2v) is 20.4. The maximum atomic E-state index is 11.8. The summed E-state index contributed by atoms with van der Waals surface area (Å²) in [7, 11) is -3.91. The predicted molar refractivity (Wildman–Crippen MR) is 111 cm³/mol. The van der Waals surface area contributed by atoms with Gasteiger partial charge < -0.3 is 14.0 Å². The Balaban J connectivity index is 5.30. The minimum atomic E-state index is -2.06. The van der Waals surface area contributed by atoms with Crippen molar-refractivity contribution in [3.05, 3.63) is 0 Å². The minimum Gasteiger partial charge on any atom is -0.481 e. The van der Waals surface area contributed by atoms with E-state index in [1.807, 2.05) is 0 Å². The van der Waals surface area contributed by atoms with E-state index in [2.05, 4.69) is 67.7 Å². The Bertz CT molecular complexity index is 457. The Morgan fingerprint density at radius 3 is 1.60 bits per heavy atom. The molecule has 0 fully saturated rings. The van der Waals surface area contributed by atoms with E-state index in [1.54, 1.807) is 13.8 Å². The molecule has 0 amide bonds. The summed E-state index contributed by atoms with van der Waals surface area (Å²) in [6.45, 7) is 26.0. The van der Waals surface area contributed by atoms with E-state index in [9.17, 15) is 9.90 Å². The summed E-state index contributed by atoms with van der Waals surface area (Å²) in [4.78, 5) is 11.8. The number of carboxylic acids is 1. The average molecular weight is 391 g/mol. The fourth-order valence-electron chi connectivity index (χ4n) is 1.87. The number of hydrogen-bond donors (Lipinski definition) is 1. The lowest BCUT2D eigenvalue weighted by molar-refractivity contribution is -0.153. The quantitative estimate of drug-likeness (QED) is 0.524. The highest BCUT2D eigenvalue weighted by atomic mass is 28.4. The van der Waals surface area contributed by atoms with Crippen LogP contribution in [-0.4, -0.2) is 40.4 Å². The molecule has 0 spiro atoms. The van der Waals surface area contributed by atoms with Crippen LogP contribution in [0.2, 0.25) is 36.3 Å². The first-order valence-electron chi connectivity index (χ1n) is 9.31. The Labute approximate surface area is 157 Å². The molecule has 0 aliphatic rings. The molecule has 1 atom stereocenters. The average Bonchev–Trinajstić information content (AvgIpc) is 2.34. The second-order valence-electron chi connectivity index (χ2n) is 10.8. The van der Waals surface area contributed by atoms with Gasteiger partial charge in [-0.05, 0) is 56.5 Å². The zero-order valence-electron chi connectivity index (χ0n) is 18.7. The van der Waals surface area contributed by atoms with Gasteiger partial charge in [0.05, 0.1) is 11.5 Å². The number of aliphatic carboxylic acids is 1. The van der Waals surface area contributed by atoms with E-state index in [1.165, 1.54) is 0 Å². The van der Waals surface area contributed by atoms with Crippen molar-refractivity contribution in [2.45, 2.75) is 104 Å². The van der Waals surface area contributed by atoms with Gasteiger partial charge in [-0.25, -0.2) is 0 Å². The van der Waals surface area contributed by atoms with Crippen LogP contribution in [0.4, 0.5) is 0 Å². The molecule has 0 aliphatic heterocycles. The van der Waals surface area contributed by atoms with E-state index < -0.39 is 28.0 Å². The standard InChI is InChI=1S/C19H42O4Si2/c1-17(2,3)24(9,10)22-14-13-15(19(7,8)16(20)21)23-25(11,12)18(4,5)6/h15H,13-14H2,1-12H3,(H,20,21)/t15-/m0/s1. The van der Waals surface area contributed by atoms with E-state index in [4.69, 9.17) is 8.85 Å². The van der Waals surface area contributed by atoms with Crippen LogP contribution >= 0.6 is 0 Å². The molecule has 0 aromatic heterocycles. The topological polar surface area (TPSA) is 55.8 Å². The van der Waals surface area contributed by atoms with Crippen LogP contribution in [0.1, 0.15) is 61.8 Å². The van der Waals surface area contributed by atoms with Gasteiger partial charge in [0, 0.05) is 6.61 Å². The van der Waals surface area contributed by atoms with Gasteiger partial charge in [-0.3, -0.25) is 4.79 Å². The van der Waals surface area contributed by atoms with Crippen molar-refractivity contribution < 1.29 is 18.8 Å². The molecule has 150 valence electrons. The molecule has 1 N–H and O–H groups in total. The SMILES string of the molecule is CC(C)(C(=O)O)[C@H](CCO[Si](C)(C)C(C)(C)C)O[Si](C)(C)C(C)(C)C. The van der Waals surface area contributed by atoms with Gasteiger partial charge in [0.2, 0.25) is 0 Å². The number of carbonyl (C=O) groups is 1. The molecule has 0 radical (unpaired) electrons. The third kappa shape index (κ3) is 6.49. The van der Waals surface area contributed by atoms with Crippen molar-refractivity contribution in [1.29, 1.82) is 0 Å². The number of rotatable bonds is 8. The Kier molecular flexibility index (Phi) is 7.77. The zero-order chi connectivity index (χ0) is 20.5. The molecule has 0 aromatic carbocycles. The second kappa shape index (κ2) is 7.83.